The average molecular weight is 417 g/mol. The lowest BCUT2D eigenvalue weighted by molar-refractivity contribution is -0.132. The highest BCUT2D eigenvalue weighted by Crippen LogP contribution is 2.47. The summed E-state index contributed by atoms with van der Waals surface area (Å²) in [7, 11) is 0. The number of hydrogen-bond donors (Lipinski definition) is 2. The number of fused-ring (bicyclic) bond motifs is 2. The number of carbonyl (C=O) groups is 1. The smallest absolute Gasteiger partial charge is 0.268 e. The summed E-state index contributed by atoms with van der Waals surface area (Å²) in [6.45, 7) is 4.46. The van der Waals surface area contributed by atoms with Crippen molar-refractivity contribution in [2.45, 2.75) is 26.0 Å². The molecule has 5 rings (SSSR count). The lowest BCUT2D eigenvalue weighted by atomic mass is 9.87. The van der Waals surface area contributed by atoms with E-state index >= 15 is 0 Å². The van der Waals surface area contributed by atoms with Gasteiger partial charge in [-0.2, -0.15) is 0 Å². The van der Waals surface area contributed by atoms with Crippen molar-refractivity contribution in [3.05, 3.63) is 99.7 Å². The molecule has 0 spiro atoms. The Labute approximate surface area is 179 Å². The first kappa shape index (κ1) is 18.9. The second kappa shape index (κ2) is 6.73. The van der Waals surface area contributed by atoms with Gasteiger partial charge in [0.2, 0.25) is 0 Å². The van der Waals surface area contributed by atoms with Crippen LogP contribution in [0.2, 0.25) is 5.02 Å². The molecule has 1 aliphatic heterocycles. The van der Waals surface area contributed by atoms with Crippen LogP contribution in [-0.4, -0.2) is 16.0 Å². The Balaban J connectivity index is 1.68. The molecule has 1 amide bonds. The fourth-order valence-corrected chi connectivity index (χ4v) is 4.61. The molecule has 150 valence electrons. The standard InChI is InChI=1S/C25H21ClN2O2/c1-15-7-8-17(16(2)11-15)14-28-23-10-9-18(26)12-20(23)25(30,24(28)29)21-13-27-22-6-4-3-5-19(21)22/h3-13,27,30H,14H2,1-2H3. The molecule has 30 heavy (non-hydrogen) atoms. The molecule has 0 radical (unpaired) electrons. The number of amides is 1. The minimum atomic E-state index is -1.81. The van der Waals surface area contributed by atoms with Crippen molar-refractivity contribution >= 4 is 34.1 Å². The number of aromatic nitrogens is 1. The number of hydrogen-bond acceptors (Lipinski definition) is 2. The number of nitrogens with zero attached hydrogens (tertiary/aromatic N) is 1. The molecule has 1 aliphatic rings. The van der Waals surface area contributed by atoms with E-state index in [0.717, 1.165) is 22.0 Å². The van der Waals surface area contributed by atoms with E-state index in [1.165, 1.54) is 5.56 Å². The lowest BCUT2D eigenvalue weighted by Crippen LogP contribution is -2.40. The zero-order valence-corrected chi connectivity index (χ0v) is 17.5. The number of halogens is 1. The summed E-state index contributed by atoms with van der Waals surface area (Å²) in [6.07, 6.45) is 1.72. The normalized spacial score (nSPS) is 18.3. The van der Waals surface area contributed by atoms with Crippen molar-refractivity contribution < 1.29 is 9.90 Å². The van der Waals surface area contributed by atoms with E-state index in [0.29, 0.717) is 28.4 Å². The summed E-state index contributed by atoms with van der Waals surface area (Å²) in [6, 6.07) is 19.1. The van der Waals surface area contributed by atoms with Crippen LogP contribution in [0.15, 0.2) is 66.9 Å². The molecule has 0 saturated carbocycles. The first-order valence-corrected chi connectivity index (χ1v) is 10.2. The third kappa shape index (κ3) is 2.68. The van der Waals surface area contributed by atoms with Gasteiger partial charge in [0.25, 0.3) is 5.91 Å². The van der Waals surface area contributed by atoms with E-state index < -0.39 is 5.60 Å². The summed E-state index contributed by atoms with van der Waals surface area (Å²) < 4.78 is 0. The maximum absolute atomic E-state index is 13.7. The van der Waals surface area contributed by atoms with E-state index in [-0.39, 0.29) is 5.91 Å². The van der Waals surface area contributed by atoms with Crippen LogP contribution < -0.4 is 4.90 Å². The number of para-hydroxylation sites is 1. The van der Waals surface area contributed by atoms with Crippen molar-refractivity contribution in [2.24, 2.45) is 0 Å². The first-order valence-electron chi connectivity index (χ1n) is 9.86. The Hall–Kier alpha value is -3.08. The van der Waals surface area contributed by atoms with Crippen molar-refractivity contribution in [1.82, 2.24) is 4.98 Å². The summed E-state index contributed by atoms with van der Waals surface area (Å²) >= 11 is 6.28. The van der Waals surface area contributed by atoms with E-state index in [1.807, 2.05) is 56.3 Å². The maximum atomic E-state index is 13.7. The third-order valence-corrected chi connectivity index (χ3v) is 6.23. The summed E-state index contributed by atoms with van der Waals surface area (Å²) in [5.74, 6) is -0.371. The number of aromatic amines is 1. The predicted octanol–water partition coefficient (Wildman–Crippen LogP) is 5.22. The zero-order chi connectivity index (χ0) is 21.0. The fraction of sp³-hybridized carbons (Fsp3) is 0.160. The molecule has 2 N–H and O–H groups in total. The largest absolute Gasteiger partial charge is 0.372 e. The van der Waals surface area contributed by atoms with Gasteiger partial charge in [-0.25, -0.2) is 0 Å². The quantitative estimate of drug-likeness (QED) is 0.481. The number of anilines is 1. The predicted molar refractivity (Wildman–Crippen MR) is 120 cm³/mol. The molecule has 0 bridgehead atoms. The van der Waals surface area contributed by atoms with Crippen molar-refractivity contribution in [1.29, 1.82) is 0 Å². The van der Waals surface area contributed by atoms with Gasteiger partial charge in [-0.1, -0.05) is 53.6 Å². The molecule has 5 heteroatoms. The molecule has 0 fully saturated rings. The number of aryl methyl sites for hydroxylation is 2. The Bertz CT molecular complexity index is 1310. The number of benzene rings is 3. The number of nitrogens with one attached hydrogen (secondary N) is 1. The monoisotopic (exact) mass is 416 g/mol. The second-order valence-electron chi connectivity index (χ2n) is 7.94. The SMILES string of the molecule is Cc1ccc(CN2C(=O)C(O)(c3c[nH]c4ccccc34)c3cc(Cl)ccc32)c(C)c1. The van der Waals surface area contributed by atoms with E-state index in [1.54, 1.807) is 23.2 Å². The number of rotatable bonds is 3. The van der Waals surface area contributed by atoms with Crippen LogP contribution >= 0.6 is 11.6 Å². The highest BCUT2D eigenvalue weighted by Gasteiger charge is 2.52. The summed E-state index contributed by atoms with van der Waals surface area (Å²) in [5, 5.41) is 13.2. The van der Waals surface area contributed by atoms with Gasteiger partial charge in [0.1, 0.15) is 0 Å². The highest BCUT2D eigenvalue weighted by atomic mass is 35.5. The van der Waals surface area contributed by atoms with Crippen LogP contribution in [0.3, 0.4) is 0 Å². The Kier molecular flexibility index (Phi) is 4.24. The average Bonchev–Trinajstić information content (AvgIpc) is 3.24. The first-order chi connectivity index (χ1) is 14.4. The molecule has 3 aromatic carbocycles. The number of carbonyl (C=O) groups excluding carboxylic acids is 1. The topological polar surface area (TPSA) is 56.3 Å². The Morgan fingerprint density at radius 2 is 1.83 bits per heavy atom. The van der Waals surface area contributed by atoms with Crippen LogP contribution in [0.25, 0.3) is 10.9 Å². The van der Waals surface area contributed by atoms with Crippen molar-refractivity contribution in [3.8, 4) is 0 Å². The van der Waals surface area contributed by atoms with Gasteiger partial charge < -0.3 is 15.0 Å². The number of aliphatic hydroxyl groups is 1. The molecule has 0 saturated heterocycles. The molecule has 0 aliphatic carbocycles. The second-order valence-corrected chi connectivity index (χ2v) is 8.38. The molecule has 1 aromatic heterocycles. The maximum Gasteiger partial charge on any atom is 0.268 e. The van der Waals surface area contributed by atoms with Crippen LogP contribution in [-0.2, 0) is 16.9 Å². The number of H-pyrrole nitrogens is 1. The lowest BCUT2D eigenvalue weighted by Gasteiger charge is -2.24. The third-order valence-electron chi connectivity index (χ3n) is 6.00. The van der Waals surface area contributed by atoms with Gasteiger partial charge in [0.05, 0.1) is 12.2 Å². The van der Waals surface area contributed by atoms with E-state index in [9.17, 15) is 9.90 Å². The summed E-state index contributed by atoms with van der Waals surface area (Å²) in [4.78, 5) is 18.6. The van der Waals surface area contributed by atoms with E-state index in [4.69, 9.17) is 11.6 Å². The zero-order valence-electron chi connectivity index (χ0n) is 16.7. The molecular weight excluding hydrogens is 396 g/mol. The fourth-order valence-electron chi connectivity index (χ4n) is 4.44. The van der Waals surface area contributed by atoms with Crippen LogP contribution in [0, 0.1) is 13.8 Å². The molecule has 1 unspecified atom stereocenters. The minimum absolute atomic E-state index is 0.371. The Morgan fingerprint density at radius 3 is 2.63 bits per heavy atom. The van der Waals surface area contributed by atoms with Gasteiger partial charge in [-0.3, -0.25) is 4.79 Å². The van der Waals surface area contributed by atoms with E-state index in [2.05, 4.69) is 11.1 Å². The highest BCUT2D eigenvalue weighted by molar-refractivity contribution is 6.31. The van der Waals surface area contributed by atoms with Gasteiger partial charge in [-0.05, 0) is 49.2 Å². The van der Waals surface area contributed by atoms with Gasteiger partial charge >= 0.3 is 0 Å². The Morgan fingerprint density at radius 1 is 1.03 bits per heavy atom. The van der Waals surface area contributed by atoms with Crippen LogP contribution in [0.5, 0.6) is 0 Å². The molecule has 4 aromatic rings. The van der Waals surface area contributed by atoms with Gasteiger partial charge in [0.15, 0.2) is 5.60 Å². The molecule has 2 heterocycles. The van der Waals surface area contributed by atoms with Crippen LogP contribution in [0.1, 0.15) is 27.8 Å². The minimum Gasteiger partial charge on any atom is -0.372 e. The molecule has 4 nitrogen and oxygen atoms in total. The molecular formula is C25H21ClN2O2. The van der Waals surface area contributed by atoms with Gasteiger partial charge in [0, 0.05) is 33.2 Å². The van der Waals surface area contributed by atoms with Gasteiger partial charge in [-0.15, -0.1) is 0 Å². The van der Waals surface area contributed by atoms with Crippen molar-refractivity contribution in [2.75, 3.05) is 4.90 Å². The van der Waals surface area contributed by atoms with Crippen molar-refractivity contribution in [3.63, 3.8) is 0 Å². The van der Waals surface area contributed by atoms with Crippen LogP contribution in [0.4, 0.5) is 5.69 Å². The molecule has 1 atom stereocenters. The summed E-state index contributed by atoms with van der Waals surface area (Å²) in [5.41, 5.74) is 4.11.